The molecule has 2 aromatic heterocycles. The third-order valence-electron chi connectivity index (χ3n) is 3.92. The first kappa shape index (κ1) is 17.4. The molecule has 1 saturated heterocycles. The minimum absolute atomic E-state index is 0.0879. The number of aryl methyl sites for hydroxylation is 1. The molecule has 0 radical (unpaired) electrons. The van der Waals surface area contributed by atoms with Crippen LogP contribution < -0.4 is 5.32 Å². The van der Waals surface area contributed by atoms with Crippen LogP contribution in [0, 0.1) is 6.92 Å². The Kier molecular flexibility index (Phi) is 4.63. The molecule has 12 heteroatoms. The normalized spacial score (nSPS) is 22.2. The van der Waals surface area contributed by atoms with Gasteiger partial charge in [-0.05, 0) is 12.5 Å². The van der Waals surface area contributed by atoms with Crippen molar-refractivity contribution in [2.24, 2.45) is 0 Å². The molecule has 136 valence electrons. The van der Waals surface area contributed by atoms with Crippen molar-refractivity contribution in [1.29, 1.82) is 0 Å². The smallest absolute Gasteiger partial charge is 0.352 e. The first-order valence-electron chi connectivity index (χ1n) is 7.63. The van der Waals surface area contributed by atoms with Gasteiger partial charge in [0.15, 0.2) is 4.34 Å². The van der Waals surface area contributed by atoms with Gasteiger partial charge in [-0.1, -0.05) is 23.1 Å². The van der Waals surface area contributed by atoms with E-state index in [2.05, 4.69) is 25.5 Å². The number of imidazole rings is 1. The molecule has 1 unspecified atom stereocenters. The average Bonchev–Trinajstić information content (AvgIpc) is 3.28. The Morgan fingerprint density at radius 1 is 1.54 bits per heavy atom. The lowest BCUT2D eigenvalue weighted by atomic mass is 10.0. The van der Waals surface area contributed by atoms with Gasteiger partial charge in [0.1, 0.15) is 22.1 Å². The van der Waals surface area contributed by atoms with E-state index in [0.29, 0.717) is 17.5 Å². The summed E-state index contributed by atoms with van der Waals surface area (Å²) in [5, 5.41) is 21.3. The SMILES string of the molecule is Cc1nnc(SCC2=C(C(=O)O)N3C(=O)C(Nc4ncc[nH]4)[C@H]3SC2)s1. The Bertz CT molecular complexity index is 880. The predicted molar refractivity (Wildman–Crippen MR) is 99.1 cm³/mol. The molecule has 9 nitrogen and oxygen atoms in total. The summed E-state index contributed by atoms with van der Waals surface area (Å²) < 4.78 is 0.791. The maximum atomic E-state index is 12.5. The number of H-pyrrole nitrogens is 1. The quantitative estimate of drug-likeness (QED) is 0.479. The summed E-state index contributed by atoms with van der Waals surface area (Å²) in [5.41, 5.74) is 0.811. The topological polar surface area (TPSA) is 124 Å². The summed E-state index contributed by atoms with van der Waals surface area (Å²) in [4.78, 5) is 32.7. The third kappa shape index (κ3) is 3.08. The number of hydrogen-bond acceptors (Lipinski definition) is 9. The molecule has 0 aliphatic carbocycles. The van der Waals surface area contributed by atoms with Gasteiger partial charge < -0.3 is 15.4 Å². The van der Waals surface area contributed by atoms with E-state index in [0.717, 1.165) is 14.9 Å². The number of aromatic nitrogens is 4. The zero-order chi connectivity index (χ0) is 18.3. The number of nitrogens with one attached hydrogen (secondary N) is 2. The highest BCUT2D eigenvalue weighted by Crippen LogP contribution is 2.42. The standard InChI is InChI=1S/C14H14N6O3S3/c1-6-18-19-14(26-6)25-5-7-4-24-11-8(17-13-15-2-3-16-13)10(21)20(11)9(7)12(22)23/h2-3,8,11H,4-5H2,1H3,(H,22,23)(H2,15,16,17)/t8?,11-/m1/s1. The number of amides is 1. The van der Waals surface area contributed by atoms with Crippen LogP contribution in [0.5, 0.6) is 0 Å². The number of carbonyl (C=O) groups is 2. The molecule has 2 atom stereocenters. The number of carboxylic acids is 1. The minimum atomic E-state index is -1.08. The number of rotatable bonds is 6. The van der Waals surface area contributed by atoms with E-state index in [1.165, 1.54) is 28.0 Å². The van der Waals surface area contributed by atoms with Crippen LogP contribution in [0.3, 0.4) is 0 Å². The van der Waals surface area contributed by atoms with Crippen molar-refractivity contribution in [1.82, 2.24) is 25.1 Å². The Hall–Kier alpha value is -2.05. The van der Waals surface area contributed by atoms with E-state index in [-0.39, 0.29) is 17.0 Å². The van der Waals surface area contributed by atoms with Crippen LogP contribution in [0.4, 0.5) is 5.95 Å². The van der Waals surface area contributed by atoms with Crippen molar-refractivity contribution in [3.8, 4) is 0 Å². The zero-order valence-electron chi connectivity index (χ0n) is 13.5. The highest BCUT2D eigenvalue weighted by Gasteiger charge is 2.53. The average molecular weight is 411 g/mol. The number of β-lactam (4-membered cyclic amide) rings is 1. The maximum absolute atomic E-state index is 12.5. The molecular formula is C14H14N6O3S3. The molecule has 3 N–H and O–H groups in total. The van der Waals surface area contributed by atoms with Gasteiger partial charge in [-0.25, -0.2) is 9.78 Å². The van der Waals surface area contributed by atoms with Crippen LogP contribution in [0.25, 0.3) is 0 Å². The maximum Gasteiger partial charge on any atom is 0.352 e. The number of aromatic amines is 1. The molecule has 26 heavy (non-hydrogen) atoms. The van der Waals surface area contributed by atoms with E-state index >= 15 is 0 Å². The van der Waals surface area contributed by atoms with Gasteiger partial charge in [-0.3, -0.25) is 9.69 Å². The molecule has 0 aromatic carbocycles. The highest BCUT2D eigenvalue weighted by molar-refractivity contribution is 8.01. The number of fused-ring (bicyclic) bond motifs is 1. The number of carbonyl (C=O) groups excluding carboxylic acids is 1. The minimum Gasteiger partial charge on any atom is -0.477 e. The number of carboxylic acid groups (broad SMARTS) is 1. The fourth-order valence-electron chi connectivity index (χ4n) is 2.77. The summed E-state index contributed by atoms with van der Waals surface area (Å²) in [6.45, 7) is 1.87. The van der Waals surface area contributed by atoms with Gasteiger partial charge in [-0.15, -0.1) is 22.0 Å². The Balaban J connectivity index is 1.51. The van der Waals surface area contributed by atoms with Gasteiger partial charge in [0, 0.05) is 23.9 Å². The largest absolute Gasteiger partial charge is 0.477 e. The number of anilines is 1. The second-order valence-corrected chi connectivity index (χ2v) is 9.11. The highest BCUT2D eigenvalue weighted by atomic mass is 32.2. The van der Waals surface area contributed by atoms with Crippen molar-refractivity contribution in [2.75, 3.05) is 16.8 Å². The fraction of sp³-hybridized carbons (Fsp3) is 0.357. The van der Waals surface area contributed by atoms with Crippen LogP contribution in [-0.2, 0) is 9.59 Å². The van der Waals surface area contributed by atoms with E-state index in [1.807, 2.05) is 6.92 Å². The molecule has 1 fully saturated rings. The lowest BCUT2D eigenvalue weighted by Crippen LogP contribution is -2.67. The number of aliphatic carboxylic acids is 1. The van der Waals surface area contributed by atoms with Crippen LogP contribution >= 0.6 is 34.9 Å². The second-order valence-electron chi connectivity index (χ2n) is 5.60. The molecular weight excluding hydrogens is 396 g/mol. The lowest BCUT2D eigenvalue weighted by Gasteiger charge is -2.49. The van der Waals surface area contributed by atoms with Gasteiger partial charge in [0.05, 0.1) is 0 Å². The lowest BCUT2D eigenvalue weighted by molar-refractivity contribution is -0.147. The van der Waals surface area contributed by atoms with E-state index < -0.39 is 12.0 Å². The van der Waals surface area contributed by atoms with Crippen molar-refractivity contribution in [3.63, 3.8) is 0 Å². The molecule has 4 rings (SSSR count). The van der Waals surface area contributed by atoms with E-state index in [4.69, 9.17) is 0 Å². The molecule has 2 aliphatic heterocycles. The van der Waals surface area contributed by atoms with E-state index in [1.54, 1.807) is 24.2 Å². The number of nitrogens with zero attached hydrogens (tertiary/aromatic N) is 4. The van der Waals surface area contributed by atoms with Crippen LogP contribution in [0.2, 0.25) is 0 Å². The van der Waals surface area contributed by atoms with Gasteiger partial charge in [0.2, 0.25) is 5.95 Å². The van der Waals surface area contributed by atoms with Gasteiger partial charge in [-0.2, -0.15) is 0 Å². The number of thioether (sulfide) groups is 2. The Morgan fingerprint density at radius 3 is 3.04 bits per heavy atom. The summed E-state index contributed by atoms with van der Waals surface area (Å²) >= 11 is 4.46. The molecule has 2 aromatic rings. The van der Waals surface area contributed by atoms with E-state index in [9.17, 15) is 14.7 Å². The van der Waals surface area contributed by atoms with Crippen molar-refractivity contribution in [2.45, 2.75) is 22.7 Å². The van der Waals surface area contributed by atoms with Gasteiger partial charge >= 0.3 is 5.97 Å². The predicted octanol–water partition coefficient (Wildman–Crippen LogP) is 1.40. The second kappa shape index (κ2) is 6.93. The monoisotopic (exact) mass is 410 g/mol. The van der Waals surface area contributed by atoms with Crippen LogP contribution in [0.1, 0.15) is 5.01 Å². The van der Waals surface area contributed by atoms with Gasteiger partial charge in [0.25, 0.3) is 5.91 Å². The molecule has 0 bridgehead atoms. The fourth-order valence-corrected chi connectivity index (χ4v) is 6.07. The molecule has 0 spiro atoms. The van der Waals surface area contributed by atoms with Crippen molar-refractivity contribution in [3.05, 3.63) is 28.7 Å². The first-order chi connectivity index (χ1) is 12.5. The first-order valence-corrected chi connectivity index (χ1v) is 10.5. The Morgan fingerprint density at radius 2 is 2.38 bits per heavy atom. The van der Waals surface area contributed by atoms with Crippen LogP contribution in [-0.4, -0.2) is 65.0 Å². The summed E-state index contributed by atoms with van der Waals surface area (Å²) in [6, 6.07) is -0.486. The molecule has 0 saturated carbocycles. The molecule has 1 amide bonds. The summed E-state index contributed by atoms with van der Waals surface area (Å²) in [5.74, 6) is 0.180. The molecule has 2 aliphatic rings. The van der Waals surface area contributed by atoms with Crippen molar-refractivity contribution < 1.29 is 14.7 Å². The Labute approximate surface area is 160 Å². The van der Waals surface area contributed by atoms with Crippen LogP contribution in [0.15, 0.2) is 28.0 Å². The third-order valence-corrected chi connectivity index (χ3v) is 7.32. The summed E-state index contributed by atoms with van der Waals surface area (Å²) in [7, 11) is 0. The summed E-state index contributed by atoms with van der Waals surface area (Å²) in [6.07, 6.45) is 3.24. The van der Waals surface area contributed by atoms with Crippen molar-refractivity contribution >= 4 is 52.7 Å². The number of hydrogen-bond donors (Lipinski definition) is 3. The molecule has 4 heterocycles. The zero-order valence-corrected chi connectivity index (χ0v) is 16.0.